The van der Waals surface area contributed by atoms with Crippen LogP contribution in [0.2, 0.25) is 0 Å². The first-order valence-electron chi connectivity index (χ1n) is 11.9. The minimum absolute atomic E-state index is 0.0886. The quantitative estimate of drug-likeness (QED) is 0.386. The Morgan fingerprint density at radius 2 is 1.74 bits per heavy atom. The van der Waals surface area contributed by atoms with E-state index < -0.39 is 78.5 Å². The minimum Gasteiger partial charge on any atom is -0.329 e. The number of likely N-dealkylation sites (tertiary alicyclic amines) is 1. The van der Waals surface area contributed by atoms with E-state index in [1.54, 1.807) is 30.3 Å². The first-order valence-corrected chi connectivity index (χ1v) is 11.9. The first-order chi connectivity index (χ1) is 17.9. The molecule has 2 aromatic carbocycles. The lowest BCUT2D eigenvalue weighted by atomic mass is 9.98. The topological polar surface area (TPSA) is 90.4 Å². The summed E-state index contributed by atoms with van der Waals surface area (Å²) in [6.07, 6.45) is -5.83. The van der Waals surface area contributed by atoms with Gasteiger partial charge in [-0.15, -0.1) is 0 Å². The summed E-state index contributed by atoms with van der Waals surface area (Å²) >= 11 is 0. The van der Waals surface area contributed by atoms with Crippen molar-refractivity contribution in [2.24, 2.45) is 5.73 Å². The second kappa shape index (κ2) is 12.3. The van der Waals surface area contributed by atoms with Gasteiger partial charge in [0.15, 0.2) is 11.6 Å². The third-order valence-electron chi connectivity index (χ3n) is 6.39. The molecule has 3 rings (SSSR count). The number of alkyl halides is 3. The largest absolute Gasteiger partial charge is 0.471 e. The second-order valence-electron chi connectivity index (χ2n) is 9.20. The van der Waals surface area contributed by atoms with Gasteiger partial charge in [-0.3, -0.25) is 9.59 Å². The van der Waals surface area contributed by atoms with Gasteiger partial charge in [-0.25, -0.2) is 13.2 Å². The number of nitrogens with zero attached hydrogens (tertiary/aromatic N) is 3. The zero-order valence-electron chi connectivity index (χ0n) is 20.2. The van der Waals surface area contributed by atoms with Crippen LogP contribution in [0, 0.1) is 28.8 Å². The predicted octanol–water partition coefficient (Wildman–Crippen LogP) is 3.88. The van der Waals surface area contributed by atoms with Crippen molar-refractivity contribution in [3.8, 4) is 6.07 Å². The molecule has 12 heteroatoms. The SMILES string of the molecule is N#CC1CCCN1C(=O)CC(Cc1cc(F)c(F)cc1F)N(CC(N)Cc1ccccc1)C(=O)C(F)(F)F. The summed E-state index contributed by atoms with van der Waals surface area (Å²) in [6.45, 7) is -0.470. The Hall–Kier alpha value is -3.59. The number of amides is 2. The molecule has 0 saturated carbocycles. The van der Waals surface area contributed by atoms with Gasteiger partial charge in [0, 0.05) is 37.7 Å². The Balaban J connectivity index is 1.97. The van der Waals surface area contributed by atoms with Crippen LogP contribution in [0.15, 0.2) is 42.5 Å². The van der Waals surface area contributed by atoms with E-state index in [9.17, 15) is 41.2 Å². The molecule has 0 aliphatic carbocycles. The van der Waals surface area contributed by atoms with Crippen LogP contribution in [0.25, 0.3) is 0 Å². The van der Waals surface area contributed by atoms with Crippen molar-refractivity contribution in [1.29, 1.82) is 5.26 Å². The molecule has 2 aromatic rings. The molecule has 1 aliphatic rings. The van der Waals surface area contributed by atoms with Crippen molar-refractivity contribution in [2.75, 3.05) is 13.1 Å². The number of nitriles is 1. The van der Waals surface area contributed by atoms with Gasteiger partial charge in [0.2, 0.25) is 5.91 Å². The Kier molecular flexibility index (Phi) is 9.38. The van der Waals surface area contributed by atoms with Crippen molar-refractivity contribution in [2.45, 2.75) is 56.4 Å². The van der Waals surface area contributed by atoms with Gasteiger partial charge >= 0.3 is 12.1 Å². The molecule has 38 heavy (non-hydrogen) atoms. The van der Waals surface area contributed by atoms with Crippen LogP contribution in [-0.2, 0) is 22.4 Å². The van der Waals surface area contributed by atoms with Gasteiger partial charge in [0.1, 0.15) is 11.9 Å². The normalized spacial score (nSPS) is 17.1. The summed E-state index contributed by atoms with van der Waals surface area (Å²) in [5.74, 6) is -7.21. The second-order valence-corrected chi connectivity index (χ2v) is 9.20. The van der Waals surface area contributed by atoms with E-state index >= 15 is 0 Å². The molecule has 1 aliphatic heterocycles. The van der Waals surface area contributed by atoms with Gasteiger partial charge in [0.05, 0.1) is 6.07 Å². The number of rotatable bonds is 9. The number of nitrogens with two attached hydrogens (primary N) is 1. The van der Waals surface area contributed by atoms with E-state index in [1.165, 1.54) is 4.90 Å². The highest BCUT2D eigenvalue weighted by Gasteiger charge is 2.46. The lowest BCUT2D eigenvalue weighted by Crippen LogP contribution is -2.54. The van der Waals surface area contributed by atoms with E-state index in [-0.39, 0.29) is 19.0 Å². The lowest BCUT2D eigenvalue weighted by Gasteiger charge is -2.35. The van der Waals surface area contributed by atoms with Crippen molar-refractivity contribution < 1.29 is 35.9 Å². The maximum absolute atomic E-state index is 14.5. The fourth-order valence-corrected chi connectivity index (χ4v) is 4.58. The van der Waals surface area contributed by atoms with Crippen LogP contribution < -0.4 is 5.73 Å². The minimum atomic E-state index is -5.36. The molecule has 6 nitrogen and oxygen atoms in total. The van der Waals surface area contributed by atoms with Crippen LogP contribution in [0.4, 0.5) is 26.3 Å². The summed E-state index contributed by atoms with van der Waals surface area (Å²) in [4.78, 5) is 27.2. The van der Waals surface area contributed by atoms with Gasteiger partial charge in [-0.2, -0.15) is 18.4 Å². The van der Waals surface area contributed by atoms with Crippen LogP contribution >= 0.6 is 0 Å². The first kappa shape index (κ1) is 29.0. The highest BCUT2D eigenvalue weighted by Crippen LogP contribution is 2.27. The van der Waals surface area contributed by atoms with E-state index in [0.29, 0.717) is 29.4 Å². The molecule has 3 atom stereocenters. The third kappa shape index (κ3) is 7.25. The molecule has 2 amide bonds. The van der Waals surface area contributed by atoms with Crippen LogP contribution in [0.3, 0.4) is 0 Å². The smallest absolute Gasteiger partial charge is 0.329 e. The van der Waals surface area contributed by atoms with Gasteiger partial charge in [-0.1, -0.05) is 30.3 Å². The molecule has 0 spiro atoms. The standard InChI is InChI=1S/C26H26F6N4O2/c27-21-13-23(29)22(28)11-17(21)10-20(12-24(37)35-8-4-7-19(35)14-33)36(25(38)26(30,31)32)15-18(34)9-16-5-2-1-3-6-16/h1-3,5-6,11,13,18-20H,4,7-10,12,15,34H2. The summed E-state index contributed by atoms with van der Waals surface area (Å²) < 4.78 is 82.9. The number of hydrogen-bond acceptors (Lipinski definition) is 4. The Morgan fingerprint density at radius 1 is 1.08 bits per heavy atom. The zero-order chi connectivity index (χ0) is 28.0. The van der Waals surface area contributed by atoms with Crippen molar-refractivity contribution in [3.05, 3.63) is 71.0 Å². The monoisotopic (exact) mass is 540 g/mol. The average molecular weight is 541 g/mol. The van der Waals surface area contributed by atoms with E-state index in [1.807, 2.05) is 6.07 Å². The fourth-order valence-electron chi connectivity index (χ4n) is 4.58. The molecule has 1 saturated heterocycles. The van der Waals surface area contributed by atoms with Crippen molar-refractivity contribution in [3.63, 3.8) is 0 Å². The number of carbonyl (C=O) groups is 2. The number of halogens is 6. The van der Waals surface area contributed by atoms with E-state index in [4.69, 9.17) is 5.73 Å². The molecule has 1 fully saturated rings. The molecule has 0 aromatic heterocycles. The maximum Gasteiger partial charge on any atom is 0.471 e. The summed E-state index contributed by atoms with van der Waals surface area (Å²) in [6, 6.07) is 7.80. The summed E-state index contributed by atoms with van der Waals surface area (Å²) in [5.41, 5.74) is 6.28. The molecule has 0 radical (unpaired) electrons. The maximum atomic E-state index is 14.5. The van der Waals surface area contributed by atoms with Crippen LogP contribution in [0.5, 0.6) is 0 Å². The molecular weight excluding hydrogens is 514 g/mol. The van der Waals surface area contributed by atoms with Gasteiger partial charge < -0.3 is 15.5 Å². The molecule has 1 heterocycles. The van der Waals surface area contributed by atoms with E-state index in [2.05, 4.69) is 0 Å². The van der Waals surface area contributed by atoms with Gasteiger partial charge in [0.25, 0.3) is 0 Å². The Morgan fingerprint density at radius 3 is 2.37 bits per heavy atom. The summed E-state index contributed by atoms with van der Waals surface area (Å²) in [7, 11) is 0. The fraction of sp³-hybridized carbons (Fsp3) is 0.423. The molecular formula is C26H26F6N4O2. The van der Waals surface area contributed by atoms with Gasteiger partial charge in [-0.05, 0) is 42.9 Å². The van der Waals surface area contributed by atoms with Crippen LogP contribution in [0.1, 0.15) is 30.4 Å². The van der Waals surface area contributed by atoms with Crippen LogP contribution in [-0.4, -0.2) is 59.0 Å². The molecule has 0 bridgehead atoms. The highest BCUT2D eigenvalue weighted by atomic mass is 19.4. The Bertz CT molecular complexity index is 1180. The molecule has 204 valence electrons. The number of hydrogen-bond donors (Lipinski definition) is 1. The molecule has 3 unspecified atom stereocenters. The predicted molar refractivity (Wildman–Crippen MR) is 125 cm³/mol. The summed E-state index contributed by atoms with van der Waals surface area (Å²) in [5, 5.41) is 9.31. The third-order valence-corrected chi connectivity index (χ3v) is 6.39. The van der Waals surface area contributed by atoms with Crippen molar-refractivity contribution >= 4 is 11.8 Å². The van der Waals surface area contributed by atoms with E-state index in [0.717, 1.165) is 0 Å². The van der Waals surface area contributed by atoms with Crippen molar-refractivity contribution in [1.82, 2.24) is 9.80 Å². The number of carbonyl (C=O) groups excluding carboxylic acids is 2. The zero-order valence-corrected chi connectivity index (χ0v) is 20.2. The average Bonchev–Trinajstić information content (AvgIpc) is 3.34. The molecule has 2 N–H and O–H groups in total. The highest BCUT2D eigenvalue weighted by molar-refractivity contribution is 5.84. The number of benzene rings is 2. The lowest BCUT2D eigenvalue weighted by molar-refractivity contribution is -0.188. The Labute approximate surface area is 215 Å².